The number of likely N-dealkylation sites (tertiary alicyclic amines) is 1. The van der Waals surface area contributed by atoms with Gasteiger partial charge >= 0.3 is 6.09 Å². The average Bonchev–Trinajstić information content (AvgIpc) is 2.88. The Morgan fingerprint density at radius 2 is 1.70 bits per heavy atom. The van der Waals surface area contributed by atoms with E-state index in [1.54, 1.807) is 29.2 Å². The number of hydrogen-bond acceptors (Lipinski definition) is 5. The van der Waals surface area contributed by atoms with Crippen LogP contribution in [0, 0.1) is 11.3 Å². The molecular weight excluding hydrogens is 492 g/mol. The number of rotatable bonds is 9. The van der Waals surface area contributed by atoms with Gasteiger partial charge in [0.25, 0.3) is 0 Å². The molecule has 2 atom stereocenters. The zero-order chi connectivity index (χ0) is 27.2. The maximum absolute atomic E-state index is 12.9. The van der Waals surface area contributed by atoms with Gasteiger partial charge in [-0.3, -0.25) is 14.9 Å². The number of benzene rings is 2. The van der Waals surface area contributed by atoms with Gasteiger partial charge in [-0.1, -0.05) is 62.7 Å². The maximum atomic E-state index is 12.9. The third-order valence-corrected chi connectivity index (χ3v) is 7.63. The molecule has 0 aliphatic carbocycles. The summed E-state index contributed by atoms with van der Waals surface area (Å²) < 4.78 is 5.69. The third-order valence-electron chi connectivity index (χ3n) is 7.29. The van der Waals surface area contributed by atoms with E-state index in [0.717, 1.165) is 12.0 Å². The molecule has 0 radical (unpaired) electrons. The summed E-state index contributed by atoms with van der Waals surface area (Å²) in [6.07, 6.45) is 1.04. The van der Waals surface area contributed by atoms with Crippen molar-refractivity contribution in [3.05, 3.63) is 64.7 Å². The van der Waals surface area contributed by atoms with Crippen molar-refractivity contribution < 1.29 is 19.1 Å². The number of carbonyl (C=O) groups is 3. The van der Waals surface area contributed by atoms with Crippen molar-refractivity contribution in [2.75, 3.05) is 25.0 Å². The fraction of sp³-hybridized carbons (Fsp3) is 0.464. The number of hydrogen-bond donors (Lipinski definition) is 3. The molecule has 2 aromatic carbocycles. The minimum Gasteiger partial charge on any atom is -0.449 e. The zero-order valence-electron chi connectivity index (χ0n) is 21.7. The first-order valence-electron chi connectivity index (χ1n) is 12.7. The maximum Gasteiger partial charge on any atom is 0.411 e. The second-order valence-corrected chi connectivity index (χ2v) is 10.5. The molecule has 1 aliphatic rings. The van der Waals surface area contributed by atoms with E-state index in [1.165, 1.54) is 0 Å². The van der Waals surface area contributed by atoms with E-state index in [1.807, 2.05) is 38.1 Å². The Balaban J connectivity index is 1.83. The quantitative estimate of drug-likeness (QED) is 0.446. The fourth-order valence-corrected chi connectivity index (χ4v) is 5.11. The molecule has 1 aliphatic heterocycles. The van der Waals surface area contributed by atoms with E-state index in [2.05, 4.69) is 12.2 Å². The minimum atomic E-state index is -0.848. The molecule has 1 heterocycles. The van der Waals surface area contributed by atoms with Crippen LogP contribution in [0.2, 0.25) is 5.02 Å². The Hall–Kier alpha value is -3.10. The summed E-state index contributed by atoms with van der Waals surface area (Å²) in [5, 5.41) is 3.15. The predicted octanol–water partition coefficient (Wildman–Crippen LogP) is 4.31. The lowest BCUT2D eigenvalue weighted by molar-refractivity contribution is -0.137. The second kappa shape index (κ2) is 12.4. The third kappa shape index (κ3) is 6.81. The molecule has 37 heavy (non-hydrogen) atoms. The highest BCUT2D eigenvalue weighted by molar-refractivity contribution is 6.31. The molecular formula is C28H37ClN4O4. The lowest BCUT2D eigenvalue weighted by atomic mass is 9.66. The van der Waals surface area contributed by atoms with Crippen LogP contribution >= 0.6 is 11.6 Å². The normalized spacial score (nSPS) is 16.6. The number of piperidine rings is 1. The van der Waals surface area contributed by atoms with Gasteiger partial charge in [-0.2, -0.15) is 0 Å². The number of carbonyl (C=O) groups excluding carboxylic acids is 3. The molecule has 2 unspecified atom stereocenters. The Morgan fingerprint density at radius 1 is 1.08 bits per heavy atom. The number of anilines is 1. The highest BCUT2D eigenvalue weighted by Gasteiger charge is 2.48. The first-order valence-corrected chi connectivity index (χ1v) is 13.1. The molecule has 0 bridgehead atoms. The van der Waals surface area contributed by atoms with Crippen LogP contribution in [0.5, 0.6) is 0 Å². The Bertz CT molecular complexity index is 1100. The van der Waals surface area contributed by atoms with Crippen LogP contribution in [-0.2, 0) is 20.7 Å². The molecule has 1 fully saturated rings. The molecule has 1 saturated heterocycles. The summed E-state index contributed by atoms with van der Waals surface area (Å²) >= 11 is 6.49. The standard InChI is InChI=1S/C28H37ClN4O4/c1-4-19-9-11-20(12-10-19)32-27(36)37-17-28(23(25(31)34)21-7-5-6-8-22(21)29)13-15-33(16-14-28)26(35)24(30)18(2)3/h5-12,18,23-24H,4,13-17,30H2,1-3H3,(H2,31,34)(H,32,36). The van der Waals surface area contributed by atoms with E-state index in [9.17, 15) is 14.4 Å². The molecule has 5 N–H and O–H groups in total. The van der Waals surface area contributed by atoms with Crippen LogP contribution in [0.15, 0.2) is 48.5 Å². The smallest absolute Gasteiger partial charge is 0.411 e. The van der Waals surface area contributed by atoms with E-state index in [4.69, 9.17) is 27.8 Å². The van der Waals surface area contributed by atoms with Crippen LogP contribution in [-0.4, -0.2) is 48.5 Å². The number of aryl methyl sites for hydroxylation is 1. The summed E-state index contributed by atoms with van der Waals surface area (Å²) in [6.45, 7) is 6.51. The van der Waals surface area contributed by atoms with Crippen molar-refractivity contribution in [3.8, 4) is 0 Å². The van der Waals surface area contributed by atoms with Crippen LogP contribution in [0.3, 0.4) is 0 Å². The molecule has 9 heteroatoms. The molecule has 0 saturated carbocycles. The monoisotopic (exact) mass is 528 g/mol. The van der Waals surface area contributed by atoms with Crippen LogP contribution in [0.4, 0.5) is 10.5 Å². The summed E-state index contributed by atoms with van der Waals surface area (Å²) in [5.74, 6) is -1.51. The number of halogens is 1. The molecule has 3 amide bonds. The zero-order valence-corrected chi connectivity index (χ0v) is 22.5. The van der Waals surface area contributed by atoms with Crippen LogP contribution in [0.25, 0.3) is 0 Å². The van der Waals surface area contributed by atoms with Crippen molar-refractivity contribution in [1.29, 1.82) is 0 Å². The highest BCUT2D eigenvalue weighted by Crippen LogP contribution is 2.46. The predicted molar refractivity (Wildman–Crippen MR) is 145 cm³/mol. The van der Waals surface area contributed by atoms with Crippen LogP contribution < -0.4 is 16.8 Å². The van der Waals surface area contributed by atoms with E-state index in [-0.39, 0.29) is 18.4 Å². The number of nitrogens with one attached hydrogen (secondary N) is 1. The second-order valence-electron chi connectivity index (χ2n) is 10.1. The van der Waals surface area contributed by atoms with Crippen molar-refractivity contribution in [1.82, 2.24) is 4.90 Å². The first kappa shape index (κ1) is 28.5. The Kier molecular flexibility index (Phi) is 9.56. The number of nitrogens with zero attached hydrogens (tertiary/aromatic N) is 1. The summed E-state index contributed by atoms with van der Waals surface area (Å²) in [7, 11) is 0. The SMILES string of the molecule is CCc1ccc(NC(=O)OCC2(C(C(N)=O)c3ccccc3Cl)CCN(C(=O)C(N)C(C)C)CC2)cc1. The molecule has 200 valence electrons. The van der Waals surface area contributed by atoms with Gasteiger partial charge in [-0.25, -0.2) is 4.79 Å². The van der Waals surface area contributed by atoms with E-state index in [0.29, 0.717) is 42.2 Å². The number of amides is 3. The van der Waals surface area contributed by atoms with Crippen molar-refractivity contribution >= 4 is 35.2 Å². The van der Waals surface area contributed by atoms with E-state index >= 15 is 0 Å². The van der Waals surface area contributed by atoms with Crippen molar-refractivity contribution in [2.24, 2.45) is 22.8 Å². The van der Waals surface area contributed by atoms with Gasteiger partial charge in [0.1, 0.15) is 6.61 Å². The van der Waals surface area contributed by atoms with Gasteiger partial charge < -0.3 is 21.1 Å². The minimum absolute atomic E-state index is 0.000835. The van der Waals surface area contributed by atoms with Gasteiger partial charge in [-0.05, 0) is 54.5 Å². The lowest BCUT2D eigenvalue weighted by Crippen LogP contribution is -2.54. The lowest BCUT2D eigenvalue weighted by Gasteiger charge is -2.45. The fourth-order valence-electron chi connectivity index (χ4n) is 4.87. The summed E-state index contributed by atoms with van der Waals surface area (Å²) in [4.78, 5) is 40.2. The van der Waals surface area contributed by atoms with E-state index < -0.39 is 29.4 Å². The largest absolute Gasteiger partial charge is 0.449 e. The highest BCUT2D eigenvalue weighted by atomic mass is 35.5. The molecule has 8 nitrogen and oxygen atoms in total. The van der Waals surface area contributed by atoms with Gasteiger partial charge in [0.2, 0.25) is 11.8 Å². The molecule has 0 spiro atoms. The van der Waals surface area contributed by atoms with Crippen LogP contribution in [0.1, 0.15) is 50.7 Å². The summed E-state index contributed by atoms with van der Waals surface area (Å²) in [6, 6.07) is 13.9. The molecule has 0 aromatic heterocycles. The van der Waals surface area contributed by atoms with Gasteiger partial charge in [0.05, 0.1) is 12.0 Å². The Morgan fingerprint density at radius 3 is 2.24 bits per heavy atom. The Labute approximate surface area is 223 Å². The first-order chi connectivity index (χ1) is 17.6. The van der Waals surface area contributed by atoms with Crippen molar-refractivity contribution in [3.63, 3.8) is 0 Å². The molecule has 3 rings (SSSR count). The summed E-state index contributed by atoms with van der Waals surface area (Å²) in [5.41, 5.74) is 13.5. The number of ether oxygens (including phenoxy) is 1. The van der Waals surface area contributed by atoms with Gasteiger partial charge in [0.15, 0.2) is 0 Å². The molecule has 2 aromatic rings. The van der Waals surface area contributed by atoms with Crippen molar-refractivity contribution in [2.45, 2.75) is 52.0 Å². The number of nitrogens with two attached hydrogens (primary N) is 2. The van der Waals surface area contributed by atoms with Gasteiger partial charge in [0, 0.05) is 29.2 Å². The number of primary amides is 1. The topological polar surface area (TPSA) is 128 Å². The van der Waals surface area contributed by atoms with Gasteiger partial charge in [-0.15, -0.1) is 0 Å². The average molecular weight is 529 g/mol.